The summed E-state index contributed by atoms with van der Waals surface area (Å²) >= 11 is 0. The van der Waals surface area contributed by atoms with E-state index in [9.17, 15) is 4.79 Å². The maximum atomic E-state index is 12.1. The second-order valence-electron chi connectivity index (χ2n) is 6.71. The van der Waals surface area contributed by atoms with Gasteiger partial charge >= 0.3 is 0 Å². The third kappa shape index (κ3) is 8.54. The summed E-state index contributed by atoms with van der Waals surface area (Å²) in [5, 5.41) is 6.59. The molecule has 0 aromatic rings. The molecule has 146 valence electrons. The topological polar surface area (TPSA) is 63.2 Å². The van der Waals surface area contributed by atoms with Crippen LogP contribution in [0.4, 0.5) is 0 Å². The van der Waals surface area contributed by atoms with E-state index in [1.807, 2.05) is 11.8 Å². The van der Waals surface area contributed by atoms with Gasteiger partial charge in [-0.25, -0.2) is 4.99 Å². The summed E-state index contributed by atoms with van der Waals surface area (Å²) in [4.78, 5) is 23.3. The summed E-state index contributed by atoms with van der Waals surface area (Å²) in [6, 6.07) is 0. The number of halogens is 1. The second-order valence-corrected chi connectivity index (χ2v) is 6.71. The van der Waals surface area contributed by atoms with E-state index in [0.29, 0.717) is 0 Å². The Labute approximate surface area is 169 Å². The molecule has 25 heavy (non-hydrogen) atoms. The number of likely N-dealkylation sites (tertiary alicyclic amines) is 1. The van der Waals surface area contributed by atoms with E-state index in [4.69, 9.17) is 0 Å². The number of rotatable bonds is 6. The Morgan fingerprint density at radius 2 is 1.76 bits per heavy atom. The van der Waals surface area contributed by atoms with Gasteiger partial charge in [-0.2, -0.15) is 0 Å². The Hall–Kier alpha value is -0.610. The van der Waals surface area contributed by atoms with E-state index < -0.39 is 0 Å². The molecule has 2 N–H and O–H groups in total. The van der Waals surface area contributed by atoms with E-state index in [1.165, 1.54) is 13.0 Å². The number of nitrogens with one attached hydrogen (secondary N) is 2. The fourth-order valence-corrected chi connectivity index (χ4v) is 3.21. The van der Waals surface area contributed by atoms with Crippen molar-refractivity contribution in [3.63, 3.8) is 0 Å². The highest BCUT2D eigenvalue weighted by molar-refractivity contribution is 14.0. The van der Waals surface area contributed by atoms with Crippen LogP contribution in [0.2, 0.25) is 0 Å². The molecule has 0 bridgehead atoms. The van der Waals surface area contributed by atoms with Crippen LogP contribution >= 0.6 is 24.0 Å². The Bertz CT molecular complexity index is 414. The van der Waals surface area contributed by atoms with Gasteiger partial charge in [0.15, 0.2) is 5.96 Å². The Morgan fingerprint density at radius 1 is 1.00 bits per heavy atom. The molecule has 1 amide bonds. The summed E-state index contributed by atoms with van der Waals surface area (Å²) in [7, 11) is 2.19. The lowest BCUT2D eigenvalue weighted by molar-refractivity contribution is -0.128. The monoisotopic (exact) mass is 466 g/mol. The fraction of sp³-hybridized carbons (Fsp3) is 0.882. The van der Waals surface area contributed by atoms with Crippen LogP contribution in [0.3, 0.4) is 0 Å². The maximum absolute atomic E-state index is 12.1. The van der Waals surface area contributed by atoms with Crippen molar-refractivity contribution in [3.8, 4) is 0 Å². The number of likely N-dealkylation sites (N-methyl/N-ethyl adjacent to an activating group) is 1. The summed E-state index contributed by atoms with van der Waals surface area (Å²) in [6.45, 7) is 11.3. The van der Waals surface area contributed by atoms with Crippen LogP contribution in [0.1, 0.15) is 26.2 Å². The minimum atomic E-state index is 0. The van der Waals surface area contributed by atoms with Gasteiger partial charge < -0.3 is 25.3 Å². The molecular formula is C17H35IN6O. The third-order valence-electron chi connectivity index (χ3n) is 4.71. The van der Waals surface area contributed by atoms with Crippen molar-refractivity contribution < 1.29 is 4.79 Å². The predicted molar refractivity (Wildman–Crippen MR) is 114 cm³/mol. The van der Waals surface area contributed by atoms with Crippen molar-refractivity contribution in [1.82, 2.24) is 25.3 Å². The molecule has 2 rings (SSSR count). The first-order chi connectivity index (χ1) is 11.7. The zero-order chi connectivity index (χ0) is 17.2. The van der Waals surface area contributed by atoms with Crippen LogP contribution in [-0.4, -0.2) is 99.1 Å². The number of nitrogens with zero attached hydrogens (tertiary/aromatic N) is 4. The number of amides is 1. The van der Waals surface area contributed by atoms with Gasteiger partial charge in [0.25, 0.3) is 0 Å². The van der Waals surface area contributed by atoms with Gasteiger partial charge in [0, 0.05) is 45.8 Å². The van der Waals surface area contributed by atoms with Crippen LogP contribution < -0.4 is 10.6 Å². The Balaban J connectivity index is 0.00000312. The largest absolute Gasteiger partial charge is 0.357 e. The lowest BCUT2D eigenvalue weighted by Gasteiger charge is -2.21. The molecule has 0 spiro atoms. The highest BCUT2D eigenvalue weighted by atomic mass is 127. The standard InChI is InChI=1S/C17H34N6O.HI/c1-3-18-17(20-15-16(24)23-10-4-5-11-23)19-7-12-22-9-6-8-21(2)13-14-22;/h3-15H2,1-2H3,(H2,18,19,20);1H. The van der Waals surface area contributed by atoms with Crippen molar-refractivity contribution >= 4 is 35.8 Å². The summed E-state index contributed by atoms with van der Waals surface area (Å²) in [5.74, 6) is 0.886. The summed E-state index contributed by atoms with van der Waals surface area (Å²) in [6.07, 6.45) is 3.48. The van der Waals surface area contributed by atoms with Crippen LogP contribution in [0, 0.1) is 0 Å². The number of guanidine groups is 1. The highest BCUT2D eigenvalue weighted by Gasteiger charge is 2.17. The SMILES string of the molecule is CCNC(=NCC(=O)N1CCCC1)NCCN1CCCN(C)CC1.I. The summed E-state index contributed by atoms with van der Waals surface area (Å²) < 4.78 is 0. The van der Waals surface area contributed by atoms with E-state index in [2.05, 4.69) is 32.5 Å². The number of hydrogen-bond donors (Lipinski definition) is 2. The molecule has 0 aromatic carbocycles. The van der Waals surface area contributed by atoms with Crippen LogP contribution in [0.15, 0.2) is 4.99 Å². The number of hydrogen-bond acceptors (Lipinski definition) is 4. The van der Waals surface area contributed by atoms with Crippen molar-refractivity contribution in [2.24, 2.45) is 4.99 Å². The second kappa shape index (κ2) is 12.7. The van der Waals surface area contributed by atoms with Gasteiger partial charge in [0.05, 0.1) is 0 Å². The van der Waals surface area contributed by atoms with Gasteiger partial charge in [0.2, 0.25) is 5.91 Å². The molecule has 2 aliphatic rings. The minimum Gasteiger partial charge on any atom is -0.357 e. The van der Waals surface area contributed by atoms with Crippen molar-refractivity contribution in [1.29, 1.82) is 0 Å². The molecule has 2 fully saturated rings. The molecule has 2 heterocycles. The van der Waals surface area contributed by atoms with E-state index in [1.54, 1.807) is 0 Å². The zero-order valence-electron chi connectivity index (χ0n) is 15.8. The zero-order valence-corrected chi connectivity index (χ0v) is 18.1. The molecule has 7 nitrogen and oxygen atoms in total. The average Bonchev–Trinajstić information content (AvgIpc) is 3.03. The Kier molecular flexibility index (Phi) is 11.4. The first kappa shape index (κ1) is 22.4. The minimum absolute atomic E-state index is 0. The molecule has 0 aromatic heterocycles. The highest BCUT2D eigenvalue weighted by Crippen LogP contribution is 2.07. The molecule has 2 aliphatic heterocycles. The van der Waals surface area contributed by atoms with E-state index >= 15 is 0 Å². The first-order valence-corrected chi connectivity index (χ1v) is 9.40. The molecular weight excluding hydrogens is 431 g/mol. The quantitative estimate of drug-likeness (QED) is 0.338. The normalized spacial score (nSPS) is 20.1. The number of aliphatic imine (C=N–C) groups is 1. The van der Waals surface area contributed by atoms with Crippen LogP contribution in [0.5, 0.6) is 0 Å². The van der Waals surface area contributed by atoms with Crippen LogP contribution in [-0.2, 0) is 4.79 Å². The molecule has 8 heteroatoms. The van der Waals surface area contributed by atoms with Crippen molar-refractivity contribution in [2.45, 2.75) is 26.2 Å². The van der Waals surface area contributed by atoms with Gasteiger partial charge in [-0.1, -0.05) is 0 Å². The lowest BCUT2D eigenvalue weighted by atomic mass is 10.4. The van der Waals surface area contributed by atoms with Crippen molar-refractivity contribution in [3.05, 3.63) is 0 Å². The number of carbonyl (C=O) groups excluding carboxylic acids is 1. The van der Waals surface area contributed by atoms with E-state index in [-0.39, 0.29) is 36.4 Å². The summed E-state index contributed by atoms with van der Waals surface area (Å²) in [5.41, 5.74) is 0. The molecule has 2 saturated heterocycles. The molecule has 0 radical (unpaired) electrons. The van der Waals surface area contributed by atoms with Crippen molar-refractivity contribution in [2.75, 3.05) is 72.5 Å². The maximum Gasteiger partial charge on any atom is 0.244 e. The molecule has 0 aliphatic carbocycles. The molecule has 0 saturated carbocycles. The Morgan fingerprint density at radius 3 is 2.48 bits per heavy atom. The molecule has 0 unspecified atom stereocenters. The lowest BCUT2D eigenvalue weighted by Crippen LogP contribution is -2.43. The van der Waals surface area contributed by atoms with Gasteiger partial charge in [-0.05, 0) is 46.3 Å². The van der Waals surface area contributed by atoms with Crippen LogP contribution in [0.25, 0.3) is 0 Å². The molecule has 0 atom stereocenters. The van der Waals surface area contributed by atoms with Gasteiger partial charge in [-0.3, -0.25) is 4.79 Å². The smallest absolute Gasteiger partial charge is 0.244 e. The predicted octanol–water partition coefficient (Wildman–Crippen LogP) is 0.419. The fourth-order valence-electron chi connectivity index (χ4n) is 3.21. The van der Waals surface area contributed by atoms with E-state index in [0.717, 1.165) is 71.2 Å². The third-order valence-corrected chi connectivity index (χ3v) is 4.71. The number of carbonyl (C=O) groups is 1. The van der Waals surface area contributed by atoms with Gasteiger partial charge in [-0.15, -0.1) is 24.0 Å². The van der Waals surface area contributed by atoms with Gasteiger partial charge in [0.1, 0.15) is 6.54 Å². The first-order valence-electron chi connectivity index (χ1n) is 9.40. The average molecular weight is 466 g/mol.